The highest BCUT2D eigenvalue weighted by Crippen LogP contribution is 2.33. The third-order valence-electron chi connectivity index (χ3n) is 6.61. The molecule has 0 saturated carbocycles. The Labute approximate surface area is 195 Å². The third-order valence-corrected chi connectivity index (χ3v) is 7.63. The van der Waals surface area contributed by atoms with Crippen molar-refractivity contribution < 1.29 is 19.2 Å². The molecule has 2 aromatic rings. The van der Waals surface area contributed by atoms with Crippen LogP contribution < -0.4 is 15.5 Å². The topological polar surface area (TPSA) is 98.8 Å². The summed E-state index contributed by atoms with van der Waals surface area (Å²) in [5.74, 6) is -0.978. The Bertz CT molecular complexity index is 1100. The molecule has 1 aromatic carbocycles. The Balaban J connectivity index is 1.17. The monoisotopic (exact) mass is 466 g/mol. The molecule has 2 fully saturated rings. The van der Waals surface area contributed by atoms with Crippen LogP contribution in [0.3, 0.4) is 0 Å². The van der Waals surface area contributed by atoms with Crippen molar-refractivity contribution in [2.24, 2.45) is 0 Å². The molecule has 9 heteroatoms. The van der Waals surface area contributed by atoms with Crippen molar-refractivity contribution >= 4 is 40.7 Å². The average Bonchev–Trinajstić information content (AvgIpc) is 3.53. The highest BCUT2D eigenvalue weighted by atomic mass is 32.1. The van der Waals surface area contributed by atoms with E-state index in [2.05, 4.69) is 27.7 Å². The van der Waals surface area contributed by atoms with Crippen LogP contribution in [0.5, 0.6) is 0 Å². The SMILES string of the molecule is O=C(Cc1ccc(N2CCCC2)cc1)NCc1scc2c1CN(C1CCC(=O)NC1=O)C2=O. The lowest BCUT2D eigenvalue weighted by Gasteiger charge is -2.29. The maximum atomic E-state index is 12.8. The van der Waals surface area contributed by atoms with E-state index in [-0.39, 0.29) is 24.1 Å². The van der Waals surface area contributed by atoms with Crippen LogP contribution in [-0.2, 0) is 33.9 Å². The Morgan fingerprint density at radius 2 is 1.88 bits per heavy atom. The van der Waals surface area contributed by atoms with Crippen LogP contribution in [0, 0.1) is 0 Å². The quantitative estimate of drug-likeness (QED) is 0.635. The van der Waals surface area contributed by atoms with E-state index in [1.54, 1.807) is 5.38 Å². The van der Waals surface area contributed by atoms with E-state index in [9.17, 15) is 19.2 Å². The third kappa shape index (κ3) is 4.37. The number of hydrogen-bond donors (Lipinski definition) is 2. The minimum atomic E-state index is -0.626. The fraction of sp³-hybridized carbons (Fsp3) is 0.417. The van der Waals surface area contributed by atoms with Gasteiger partial charge in [0.15, 0.2) is 0 Å². The Hall–Kier alpha value is -3.20. The zero-order valence-electron chi connectivity index (χ0n) is 18.3. The van der Waals surface area contributed by atoms with E-state index in [1.807, 2.05) is 12.1 Å². The first kappa shape index (κ1) is 21.6. The summed E-state index contributed by atoms with van der Waals surface area (Å²) in [7, 11) is 0. The van der Waals surface area contributed by atoms with Gasteiger partial charge < -0.3 is 15.1 Å². The van der Waals surface area contributed by atoms with E-state index >= 15 is 0 Å². The van der Waals surface area contributed by atoms with Gasteiger partial charge in [0.25, 0.3) is 5.91 Å². The van der Waals surface area contributed by atoms with Crippen molar-refractivity contribution in [3.63, 3.8) is 0 Å². The van der Waals surface area contributed by atoms with Crippen LogP contribution >= 0.6 is 11.3 Å². The van der Waals surface area contributed by atoms with Gasteiger partial charge in [-0.05, 0) is 42.5 Å². The van der Waals surface area contributed by atoms with Crippen LogP contribution in [0.15, 0.2) is 29.6 Å². The Kier molecular flexibility index (Phi) is 5.88. The summed E-state index contributed by atoms with van der Waals surface area (Å²) < 4.78 is 0. The molecule has 1 atom stereocenters. The van der Waals surface area contributed by atoms with Gasteiger partial charge in [-0.15, -0.1) is 11.3 Å². The molecule has 172 valence electrons. The zero-order chi connectivity index (χ0) is 22.9. The van der Waals surface area contributed by atoms with E-state index in [0.29, 0.717) is 31.5 Å². The predicted molar refractivity (Wildman–Crippen MR) is 124 cm³/mol. The molecule has 3 aliphatic heterocycles. The number of anilines is 1. The molecule has 0 radical (unpaired) electrons. The molecule has 33 heavy (non-hydrogen) atoms. The van der Waals surface area contributed by atoms with Gasteiger partial charge in [-0.2, -0.15) is 0 Å². The summed E-state index contributed by atoms with van der Waals surface area (Å²) in [4.78, 5) is 53.8. The van der Waals surface area contributed by atoms with Crippen LogP contribution in [0.4, 0.5) is 5.69 Å². The van der Waals surface area contributed by atoms with E-state index in [0.717, 1.165) is 29.1 Å². The zero-order valence-corrected chi connectivity index (χ0v) is 19.1. The first-order valence-corrected chi connectivity index (χ1v) is 12.2. The Morgan fingerprint density at radius 1 is 1.12 bits per heavy atom. The van der Waals surface area contributed by atoms with Crippen molar-refractivity contribution in [2.45, 2.75) is 51.2 Å². The van der Waals surface area contributed by atoms with Gasteiger partial charge in [-0.25, -0.2) is 0 Å². The number of nitrogens with zero attached hydrogens (tertiary/aromatic N) is 2. The second-order valence-corrected chi connectivity index (χ2v) is 9.73. The fourth-order valence-electron chi connectivity index (χ4n) is 4.78. The minimum Gasteiger partial charge on any atom is -0.372 e. The number of rotatable bonds is 6. The molecular formula is C24H26N4O4S. The van der Waals surface area contributed by atoms with Crippen LogP contribution in [0.2, 0.25) is 0 Å². The largest absolute Gasteiger partial charge is 0.372 e. The summed E-state index contributed by atoms with van der Waals surface area (Å²) in [5.41, 5.74) is 3.62. The molecule has 4 heterocycles. The van der Waals surface area contributed by atoms with Crippen molar-refractivity contribution in [1.82, 2.24) is 15.5 Å². The van der Waals surface area contributed by atoms with E-state index in [1.165, 1.54) is 34.8 Å². The van der Waals surface area contributed by atoms with Gasteiger partial charge in [0.05, 0.1) is 18.5 Å². The number of fused-ring (bicyclic) bond motifs is 1. The molecule has 2 saturated heterocycles. The van der Waals surface area contributed by atoms with Crippen LogP contribution in [-0.4, -0.2) is 47.7 Å². The van der Waals surface area contributed by atoms with Crippen LogP contribution in [0.25, 0.3) is 0 Å². The lowest BCUT2D eigenvalue weighted by molar-refractivity contribution is -0.137. The van der Waals surface area contributed by atoms with Gasteiger partial charge in [-0.3, -0.25) is 24.5 Å². The predicted octanol–water partition coefficient (Wildman–Crippen LogP) is 1.97. The number of carbonyl (C=O) groups is 4. The summed E-state index contributed by atoms with van der Waals surface area (Å²) in [6.45, 7) is 2.86. The standard InChI is InChI=1S/C24H26N4O4S/c29-21-8-7-19(23(31)26-21)28-13-17-18(24(28)32)14-33-20(17)12-25-22(30)11-15-3-5-16(6-4-15)27-9-1-2-10-27/h3-6,14,19H,1-2,7-13H2,(H,25,30)(H,26,29,31). The molecular weight excluding hydrogens is 440 g/mol. The van der Waals surface area contributed by atoms with Crippen molar-refractivity contribution in [1.29, 1.82) is 0 Å². The summed E-state index contributed by atoms with van der Waals surface area (Å²) >= 11 is 1.45. The number of piperidine rings is 1. The highest BCUT2D eigenvalue weighted by Gasteiger charge is 2.40. The van der Waals surface area contributed by atoms with Gasteiger partial charge in [-0.1, -0.05) is 12.1 Å². The van der Waals surface area contributed by atoms with E-state index in [4.69, 9.17) is 0 Å². The molecule has 0 bridgehead atoms. The molecule has 0 aliphatic carbocycles. The first-order valence-electron chi connectivity index (χ1n) is 11.3. The summed E-state index contributed by atoms with van der Waals surface area (Å²) in [6.07, 6.45) is 3.33. The van der Waals surface area contributed by atoms with Gasteiger partial charge >= 0.3 is 0 Å². The highest BCUT2D eigenvalue weighted by molar-refractivity contribution is 7.10. The van der Waals surface area contributed by atoms with Gasteiger partial charge in [0.1, 0.15) is 6.04 Å². The normalized spacial score (nSPS) is 20.2. The van der Waals surface area contributed by atoms with Crippen molar-refractivity contribution in [3.05, 3.63) is 51.2 Å². The number of imide groups is 1. The maximum absolute atomic E-state index is 12.8. The minimum absolute atomic E-state index is 0.0718. The summed E-state index contributed by atoms with van der Waals surface area (Å²) in [6, 6.07) is 7.54. The van der Waals surface area contributed by atoms with Gasteiger partial charge in [0, 0.05) is 42.0 Å². The molecule has 0 spiro atoms. The fourth-order valence-corrected chi connectivity index (χ4v) is 5.75. The van der Waals surface area contributed by atoms with E-state index < -0.39 is 11.9 Å². The number of benzene rings is 1. The lowest BCUT2D eigenvalue weighted by atomic mass is 10.0. The number of nitrogens with one attached hydrogen (secondary N) is 2. The van der Waals surface area contributed by atoms with Gasteiger partial charge in [0.2, 0.25) is 17.7 Å². The number of thiophene rings is 1. The molecule has 1 unspecified atom stereocenters. The number of hydrogen-bond acceptors (Lipinski definition) is 6. The van der Waals surface area contributed by atoms with Crippen molar-refractivity contribution in [3.8, 4) is 0 Å². The molecule has 1 aromatic heterocycles. The summed E-state index contributed by atoms with van der Waals surface area (Å²) in [5, 5.41) is 7.07. The Morgan fingerprint density at radius 3 is 2.61 bits per heavy atom. The van der Waals surface area contributed by atoms with Crippen LogP contribution in [0.1, 0.15) is 52.0 Å². The smallest absolute Gasteiger partial charge is 0.256 e. The van der Waals surface area contributed by atoms with Crippen molar-refractivity contribution in [2.75, 3.05) is 18.0 Å². The maximum Gasteiger partial charge on any atom is 0.256 e. The second kappa shape index (κ2) is 8.97. The lowest BCUT2D eigenvalue weighted by Crippen LogP contribution is -2.52. The second-order valence-electron chi connectivity index (χ2n) is 8.77. The average molecular weight is 467 g/mol. The molecule has 8 nitrogen and oxygen atoms in total. The first-order chi connectivity index (χ1) is 16.0. The molecule has 2 N–H and O–H groups in total. The number of carbonyl (C=O) groups excluding carboxylic acids is 4. The molecule has 5 rings (SSSR count). The molecule has 4 amide bonds. The number of amides is 4. The molecule has 3 aliphatic rings.